The van der Waals surface area contributed by atoms with Crippen molar-refractivity contribution < 1.29 is 18.3 Å². The number of aryl methyl sites for hydroxylation is 1. The molecule has 0 saturated heterocycles. The summed E-state index contributed by atoms with van der Waals surface area (Å²) in [5, 5.41) is 14.7. The number of alkyl halides is 3. The largest absolute Gasteiger partial charge is 0.394 e. The lowest BCUT2D eigenvalue weighted by Gasteiger charge is -2.26. The number of nitrogens with two attached hydrogens (primary N) is 2. The van der Waals surface area contributed by atoms with Crippen molar-refractivity contribution in [1.82, 2.24) is 19.7 Å². The van der Waals surface area contributed by atoms with Crippen LogP contribution in [0.3, 0.4) is 0 Å². The molecule has 0 aliphatic carbocycles. The van der Waals surface area contributed by atoms with E-state index in [4.69, 9.17) is 11.6 Å². The quantitative estimate of drug-likeness (QED) is 0.528. The minimum absolute atomic E-state index is 0.0485. The highest BCUT2D eigenvalue weighted by Crippen LogP contribution is 2.33. The van der Waals surface area contributed by atoms with E-state index in [-0.39, 0.29) is 11.5 Å². The molecule has 2 rings (SSSR count). The molecular weight excluding hydrogens is 363 g/mol. The zero-order valence-corrected chi connectivity index (χ0v) is 15.6. The summed E-state index contributed by atoms with van der Waals surface area (Å²) in [7, 11) is 1.71. The van der Waals surface area contributed by atoms with Gasteiger partial charge in [-0.2, -0.15) is 18.3 Å². The van der Waals surface area contributed by atoms with E-state index in [0.29, 0.717) is 17.2 Å². The molecular formula is C16H24F3N7O. The number of hydrazine groups is 1. The summed E-state index contributed by atoms with van der Waals surface area (Å²) in [5.74, 6) is 6.36. The molecule has 11 heteroatoms. The average Bonchev–Trinajstić information content (AvgIpc) is 2.90. The molecule has 0 saturated carbocycles. The number of anilines is 2. The molecule has 150 valence electrons. The van der Waals surface area contributed by atoms with Crippen LogP contribution in [0.15, 0.2) is 12.3 Å². The summed E-state index contributed by atoms with van der Waals surface area (Å²) in [5.41, 5.74) is 6.76. The molecule has 0 fully saturated rings. The first-order valence-corrected chi connectivity index (χ1v) is 8.23. The zero-order valence-electron chi connectivity index (χ0n) is 15.6. The number of nitrogen functional groups attached to an aromatic ring is 1. The van der Waals surface area contributed by atoms with Gasteiger partial charge in [0.2, 0.25) is 0 Å². The molecule has 0 amide bonds. The van der Waals surface area contributed by atoms with Crippen LogP contribution in [-0.2, 0) is 12.5 Å². The van der Waals surface area contributed by atoms with Crippen molar-refractivity contribution in [1.29, 1.82) is 0 Å². The first-order chi connectivity index (χ1) is 12.3. The van der Waals surface area contributed by atoms with Crippen molar-refractivity contribution in [3.8, 4) is 11.4 Å². The van der Waals surface area contributed by atoms with Crippen molar-refractivity contribution in [2.45, 2.75) is 44.9 Å². The van der Waals surface area contributed by atoms with Gasteiger partial charge in [-0.05, 0) is 6.07 Å². The summed E-state index contributed by atoms with van der Waals surface area (Å²) >= 11 is 0. The van der Waals surface area contributed by atoms with Gasteiger partial charge in [-0.25, -0.2) is 15.8 Å². The maximum atomic E-state index is 12.5. The summed E-state index contributed by atoms with van der Waals surface area (Å²) in [6, 6.07) is 1.70. The standard InChI is InChI=1S/C16H24F3N7O/c1-15(2,3)14-23-12(10-5-6-22-25(10)4)11(20)13(24-14)26(21)8-9(27)7-16(17,18)19/h5-6,9,27H,7-8,20-21H2,1-4H3. The molecule has 8 nitrogen and oxygen atoms in total. The van der Waals surface area contributed by atoms with Crippen LogP contribution in [0, 0.1) is 0 Å². The Balaban J connectivity index is 2.47. The second-order valence-electron chi connectivity index (χ2n) is 7.35. The molecule has 5 N–H and O–H groups in total. The predicted molar refractivity (Wildman–Crippen MR) is 95.6 cm³/mol. The number of hydrogen-bond acceptors (Lipinski definition) is 7. The van der Waals surface area contributed by atoms with Crippen LogP contribution in [0.1, 0.15) is 33.0 Å². The van der Waals surface area contributed by atoms with Gasteiger partial charge in [0.15, 0.2) is 5.82 Å². The van der Waals surface area contributed by atoms with E-state index in [1.807, 2.05) is 20.8 Å². The second kappa shape index (κ2) is 7.31. The van der Waals surface area contributed by atoms with E-state index < -0.39 is 30.7 Å². The predicted octanol–water partition coefficient (Wildman–Crippen LogP) is 1.75. The Labute approximate surface area is 155 Å². The number of aliphatic hydroxyl groups excluding tert-OH is 1. The van der Waals surface area contributed by atoms with E-state index in [9.17, 15) is 18.3 Å². The summed E-state index contributed by atoms with van der Waals surface area (Å²) < 4.78 is 39.0. The van der Waals surface area contributed by atoms with E-state index >= 15 is 0 Å². The summed E-state index contributed by atoms with van der Waals surface area (Å²) in [6.45, 7) is 5.16. The van der Waals surface area contributed by atoms with Crippen molar-refractivity contribution >= 4 is 11.5 Å². The van der Waals surface area contributed by atoms with Crippen LogP contribution in [0.2, 0.25) is 0 Å². The van der Waals surface area contributed by atoms with Crippen LogP contribution in [0.4, 0.5) is 24.7 Å². The lowest BCUT2D eigenvalue weighted by atomic mass is 9.95. The Morgan fingerprint density at radius 2 is 1.89 bits per heavy atom. The number of rotatable bonds is 5. The van der Waals surface area contributed by atoms with E-state index in [1.165, 1.54) is 0 Å². The smallest absolute Gasteiger partial charge is 0.391 e. The Bertz CT molecular complexity index is 798. The van der Waals surface area contributed by atoms with Crippen molar-refractivity contribution in [3.05, 3.63) is 18.1 Å². The third-order valence-corrected chi connectivity index (χ3v) is 3.81. The fourth-order valence-corrected chi connectivity index (χ4v) is 2.46. The zero-order chi connectivity index (χ0) is 20.6. The Morgan fingerprint density at radius 3 is 2.37 bits per heavy atom. The van der Waals surface area contributed by atoms with Crippen LogP contribution < -0.4 is 16.6 Å². The van der Waals surface area contributed by atoms with Gasteiger partial charge >= 0.3 is 6.18 Å². The van der Waals surface area contributed by atoms with Crippen LogP contribution >= 0.6 is 0 Å². The van der Waals surface area contributed by atoms with Gasteiger partial charge in [-0.3, -0.25) is 9.69 Å². The number of aliphatic hydroxyl groups is 1. The van der Waals surface area contributed by atoms with Crippen LogP contribution in [0.25, 0.3) is 11.4 Å². The number of halogens is 3. The maximum Gasteiger partial charge on any atom is 0.391 e. The van der Waals surface area contributed by atoms with Crippen LogP contribution in [-0.4, -0.2) is 43.7 Å². The first kappa shape index (κ1) is 20.9. The normalized spacial score (nSPS) is 13.7. The lowest BCUT2D eigenvalue weighted by molar-refractivity contribution is -0.152. The molecule has 1 unspecified atom stereocenters. The van der Waals surface area contributed by atoms with E-state index in [2.05, 4.69) is 15.1 Å². The van der Waals surface area contributed by atoms with Gasteiger partial charge in [0, 0.05) is 18.7 Å². The van der Waals surface area contributed by atoms with Gasteiger partial charge in [-0.15, -0.1) is 0 Å². The van der Waals surface area contributed by atoms with Crippen molar-refractivity contribution in [3.63, 3.8) is 0 Å². The Morgan fingerprint density at radius 1 is 1.26 bits per heavy atom. The van der Waals surface area contributed by atoms with Gasteiger partial charge in [0.05, 0.1) is 24.8 Å². The van der Waals surface area contributed by atoms with Gasteiger partial charge in [-0.1, -0.05) is 20.8 Å². The molecule has 1 atom stereocenters. The SMILES string of the molecule is Cn1nccc1-c1nc(C(C)(C)C)nc(N(N)CC(O)CC(F)(F)F)c1N. The number of hydrogen-bond donors (Lipinski definition) is 3. The average molecular weight is 387 g/mol. The maximum absolute atomic E-state index is 12.5. The molecule has 27 heavy (non-hydrogen) atoms. The van der Waals surface area contributed by atoms with Gasteiger partial charge in [0.1, 0.15) is 17.2 Å². The lowest BCUT2D eigenvalue weighted by Crippen LogP contribution is -2.41. The summed E-state index contributed by atoms with van der Waals surface area (Å²) in [6.07, 6.45) is -6.04. The van der Waals surface area contributed by atoms with Gasteiger partial charge in [0.25, 0.3) is 0 Å². The second-order valence-corrected chi connectivity index (χ2v) is 7.35. The van der Waals surface area contributed by atoms with E-state index in [0.717, 1.165) is 5.01 Å². The number of aromatic nitrogens is 4. The number of nitrogens with zero attached hydrogens (tertiary/aromatic N) is 5. The minimum Gasteiger partial charge on any atom is -0.394 e. The molecule has 2 heterocycles. The minimum atomic E-state index is -4.51. The Kier molecular flexibility index (Phi) is 5.66. The molecule has 0 aromatic carbocycles. The Hall–Kier alpha value is -2.40. The molecule has 0 bridgehead atoms. The van der Waals surface area contributed by atoms with Crippen molar-refractivity contribution in [2.24, 2.45) is 12.9 Å². The monoisotopic (exact) mass is 387 g/mol. The van der Waals surface area contributed by atoms with Crippen LogP contribution in [0.5, 0.6) is 0 Å². The van der Waals surface area contributed by atoms with E-state index in [1.54, 1.807) is 24.0 Å². The molecule has 2 aromatic heterocycles. The molecule has 0 radical (unpaired) electrons. The molecule has 0 spiro atoms. The third kappa shape index (κ3) is 5.07. The molecule has 2 aromatic rings. The highest BCUT2D eigenvalue weighted by atomic mass is 19.4. The first-order valence-electron chi connectivity index (χ1n) is 8.23. The molecule has 0 aliphatic heterocycles. The van der Waals surface area contributed by atoms with Crippen molar-refractivity contribution in [2.75, 3.05) is 17.3 Å². The van der Waals surface area contributed by atoms with Gasteiger partial charge < -0.3 is 10.8 Å². The third-order valence-electron chi connectivity index (χ3n) is 3.81. The highest BCUT2D eigenvalue weighted by Gasteiger charge is 2.32. The fraction of sp³-hybridized carbons (Fsp3) is 0.562. The molecule has 0 aliphatic rings. The topological polar surface area (TPSA) is 119 Å². The fourth-order valence-electron chi connectivity index (χ4n) is 2.46. The summed E-state index contributed by atoms with van der Waals surface area (Å²) in [4.78, 5) is 8.84. The highest BCUT2D eigenvalue weighted by molar-refractivity contribution is 5.79.